The average Bonchev–Trinajstić information content (AvgIpc) is 3.88. The maximum atomic E-state index is 6.51. The molecule has 0 N–H and O–H groups in total. The lowest BCUT2D eigenvalue weighted by atomic mass is 9.97. The Morgan fingerprint density at radius 1 is 0.304 bits per heavy atom. The second-order valence-electron chi connectivity index (χ2n) is 13.8. The molecule has 6 heteroatoms. The van der Waals surface area contributed by atoms with Crippen molar-refractivity contribution in [2.45, 2.75) is 0 Å². The van der Waals surface area contributed by atoms with Crippen molar-refractivity contribution >= 4 is 43.8 Å². The Morgan fingerprint density at radius 3 is 1.59 bits per heavy atom. The molecule has 0 aliphatic rings. The molecule has 6 nitrogen and oxygen atoms in total. The van der Waals surface area contributed by atoms with Gasteiger partial charge in [0, 0.05) is 33.0 Å². The molecule has 0 spiro atoms. The first kappa shape index (κ1) is 31.8. The first-order valence-corrected chi connectivity index (χ1v) is 18.5. The minimum absolute atomic E-state index is 0.573. The monoisotopic (exact) mass is 718 g/mol. The van der Waals surface area contributed by atoms with E-state index in [2.05, 4.69) is 91.0 Å². The normalized spacial score (nSPS) is 11.6. The molecule has 11 rings (SSSR count). The summed E-state index contributed by atoms with van der Waals surface area (Å²) in [6.07, 6.45) is 0. The minimum Gasteiger partial charge on any atom is -0.456 e. The van der Waals surface area contributed by atoms with Gasteiger partial charge in [-0.1, -0.05) is 140 Å². The topological polar surface area (TPSA) is 77.8 Å². The van der Waals surface area contributed by atoms with E-state index in [9.17, 15) is 0 Å². The molecule has 0 saturated carbocycles. The Bertz CT molecular complexity index is 3180. The molecular weight excluding hydrogens is 689 g/mol. The molecule has 262 valence electrons. The van der Waals surface area contributed by atoms with Gasteiger partial charge in [-0.15, -0.1) is 0 Å². The highest BCUT2D eigenvalue weighted by Crippen LogP contribution is 2.42. The van der Waals surface area contributed by atoms with Gasteiger partial charge in [-0.3, -0.25) is 0 Å². The van der Waals surface area contributed by atoms with Crippen LogP contribution in [0.25, 0.3) is 112 Å². The van der Waals surface area contributed by atoms with Crippen molar-refractivity contribution in [2.24, 2.45) is 0 Å². The third kappa shape index (κ3) is 5.51. The summed E-state index contributed by atoms with van der Waals surface area (Å²) in [6.45, 7) is 0. The Labute approximate surface area is 321 Å². The van der Waals surface area contributed by atoms with E-state index in [4.69, 9.17) is 28.8 Å². The summed E-state index contributed by atoms with van der Waals surface area (Å²) in [5.74, 6) is 2.36. The summed E-state index contributed by atoms with van der Waals surface area (Å²) in [7, 11) is 0. The Kier molecular flexibility index (Phi) is 7.38. The predicted octanol–water partition coefficient (Wildman–Crippen LogP) is 13.1. The lowest BCUT2D eigenvalue weighted by Gasteiger charge is -2.10. The third-order valence-electron chi connectivity index (χ3n) is 10.4. The zero-order chi connectivity index (χ0) is 37.0. The van der Waals surface area contributed by atoms with E-state index in [0.29, 0.717) is 23.4 Å². The lowest BCUT2D eigenvalue weighted by Crippen LogP contribution is -2.00. The van der Waals surface area contributed by atoms with Crippen LogP contribution in [0.3, 0.4) is 0 Å². The van der Waals surface area contributed by atoms with Crippen molar-refractivity contribution in [3.8, 4) is 67.9 Å². The van der Waals surface area contributed by atoms with Crippen LogP contribution in [0.5, 0.6) is 0 Å². The van der Waals surface area contributed by atoms with Crippen LogP contribution in [0.1, 0.15) is 0 Å². The van der Waals surface area contributed by atoms with Gasteiger partial charge in [0.05, 0.1) is 0 Å². The molecule has 0 saturated heterocycles. The van der Waals surface area contributed by atoms with E-state index < -0.39 is 0 Å². The van der Waals surface area contributed by atoms with Gasteiger partial charge in [0.25, 0.3) is 0 Å². The molecule has 11 aromatic rings. The summed E-state index contributed by atoms with van der Waals surface area (Å²) in [5, 5.41) is 4.37. The summed E-state index contributed by atoms with van der Waals surface area (Å²) in [6, 6.07) is 61.8. The molecule has 8 aromatic carbocycles. The maximum Gasteiger partial charge on any atom is 0.227 e. The number of rotatable bonds is 6. The van der Waals surface area contributed by atoms with Crippen LogP contribution in [-0.4, -0.2) is 19.9 Å². The maximum absolute atomic E-state index is 6.51. The van der Waals surface area contributed by atoms with E-state index >= 15 is 0 Å². The van der Waals surface area contributed by atoms with Crippen LogP contribution < -0.4 is 0 Å². The molecule has 3 heterocycles. The molecule has 0 aliphatic heterocycles. The number of benzene rings is 8. The van der Waals surface area contributed by atoms with Crippen molar-refractivity contribution in [1.82, 2.24) is 19.9 Å². The standard InChI is InChI=1S/C50H30N4O2/c1-3-12-33(13-4-1)47-52-48(34-14-5-2-6-15-34)54-49(53-47)40-18-10-20-44-46(40)45-39(17-9-19-43(45)55-44)38-27-28-42-41(30-38)51-50(56-42)35-24-21-32(22-25-35)37-26-23-31-11-7-8-16-36(31)29-37/h1-30H. The number of aromatic nitrogens is 4. The highest BCUT2D eigenvalue weighted by atomic mass is 16.3. The second-order valence-corrected chi connectivity index (χ2v) is 13.8. The predicted molar refractivity (Wildman–Crippen MR) is 225 cm³/mol. The number of hydrogen-bond acceptors (Lipinski definition) is 6. The molecule has 0 aliphatic carbocycles. The molecule has 0 unspecified atom stereocenters. The van der Waals surface area contributed by atoms with E-state index in [1.54, 1.807) is 0 Å². The summed E-state index contributed by atoms with van der Waals surface area (Å²) >= 11 is 0. The fourth-order valence-electron chi connectivity index (χ4n) is 7.62. The van der Waals surface area contributed by atoms with Crippen LogP contribution in [0.15, 0.2) is 191 Å². The van der Waals surface area contributed by atoms with Crippen LogP contribution in [0.2, 0.25) is 0 Å². The summed E-state index contributed by atoms with van der Waals surface area (Å²) < 4.78 is 12.8. The summed E-state index contributed by atoms with van der Waals surface area (Å²) in [4.78, 5) is 20.0. The molecule has 56 heavy (non-hydrogen) atoms. The van der Waals surface area contributed by atoms with Gasteiger partial charge in [0.1, 0.15) is 16.7 Å². The number of hydrogen-bond donors (Lipinski definition) is 0. The molecule has 0 radical (unpaired) electrons. The van der Waals surface area contributed by atoms with Crippen LogP contribution in [0.4, 0.5) is 0 Å². The van der Waals surface area contributed by atoms with Crippen LogP contribution in [0, 0.1) is 0 Å². The van der Waals surface area contributed by atoms with Gasteiger partial charge < -0.3 is 8.83 Å². The highest BCUT2D eigenvalue weighted by Gasteiger charge is 2.21. The minimum atomic E-state index is 0.573. The lowest BCUT2D eigenvalue weighted by molar-refractivity contribution is 0.620. The van der Waals surface area contributed by atoms with Gasteiger partial charge in [-0.2, -0.15) is 0 Å². The molecule has 3 aromatic heterocycles. The molecular formula is C50H30N4O2. The van der Waals surface area contributed by atoms with Crippen molar-refractivity contribution in [3.63, 3.8) is 0 Å². The van der Waals surface area contributed by atoms with E-state index in [0.717, 1.165) is 72.0 Å². The fraction of sp³-hybridized carbons (Fsp3) is 0. The van der Waals surface area contributed by atoms with E-state index in [-0.39, 0.29) is 0 Å². The van der Waals surface area contributed by atoms with E-state index in [1.165, 1.54) is 16.3 Å². The van der Waals surface area contributed by atoms with Gasteiger partial charge in [0.2, 0.25) is 5.89 Å². The number of fused-ring (bicyclic) bond motifs is 5. The Hall–Kier alpha value is -7.70. The smallest absolute Gasteiger partial charge is 0.227 e. The number of nitrogens with zero attached hydrogens (tertiary/aromatic N) is 4. The molecule has 0 atom stereocenters. The zero-order valence-corrected chi connectivity index (χ0v) is 29.9. The third-order valence-corrected chi connectivity index (χ3v) is 10.4. The van der Waals surface area contributed by atoms with Crippen LogP contribution >= 0.6 is 0 Å². The number of furan rings is 1. The summed E-state index contributed by atoms with van der Waals surface area (Å²) in [5.41, 5.74) is 11.0. The van der Waals surface area contributed by atoms with Gasteiger partial charge in [-0.25, -0.2) is 19.9 Å². The van der Waals surface area contributed by atoms with Crippen LogP contribution in [-0.2, 0) is 0 Å². The second kappa shape index (κ2) is 13.0. The van der Waals surface area contributed by atoms with Gasteiger partial charge in [-0.05, 0) is 75.5 Å². The first-order valence-electron chi connectivity index (χ1n) is 18.5. The Balaban J connectivity index is 1.01. The zero-order valence-electron chi connectivity index (χ0n) is 29.9. The van der Waals surface area contributed by atoms with Crippen molar-refractivity contribution < 1.29 is 8.83 Å². The van der Waals surface area contributed by atoms with Gasteiger partial charge in [0.15, 0.2) is 23.1 Å². The Morgan fingerprint density at radius 2 is 0.875 bits per heavy atom. The van der Waals surface area contributed by atoms with Crippen molar-refractivity contribution in [2.75, 3.05) is 0 Å². The van der Waals surface area contributed by atoms with Crippen molar-refractivity contribution in [3.05, 3.63) is 182 Å². The van der Waals surface area contributed by atoms with Crippen molar-refractivity contribution in [1.29, 1.82) is 0 Å². The SMILES string of the molecule is c1ccc(-c2nc(-c3ccccc3)nc(-c3cccc4oc5cccc(-c6ccc7oc(-c8ccc(-c9ccc%10ccccc%10c9)cc8)nc7c6)c5c34)n2)cc1. The highest BCUT2D eigenvalue weighted by molar-refractivity contribution is 6.17. The fourth-order valence-corrected chi connectivity index (χ4v) is 7.62. The average molecular weight is 719 g/mol. The number of oxazole rings is 1. The molecule has 0 amide bonds. The van der Waals surface area contributed by atoms with E-state index in [1.807, 2.05) is 91.0 Å². The van der Waals surface area contributed by atoms with Gasteiger partial charge >= 0.3 is 0 Å². The molecule has 0 bridgehead atoms. The first-order chi connectivity index (χ1) is 27.7. The quantitative estimate of drug-likeness (QED) is 0.170. The molecule has 0 fully saturated rings. The largest absolute Gasteiger partial charge is 0.456 e.